The molecule has 0 radical (unpaired) electrons. The van der Waals surface area contributed by atoms with Crippen molar-refractivity contribution in [3.05, 3.63) is 47.0 Å². The molecule has 2 aromatic rings. The number of nitrogens with two attached hydrogens (primary N) is 1. The molecule has 0 unspecified atom stereocenters. The van der Waals surface area contributed by atoms with Crippen LogP contribution in [0.3, 0.4) is 0 Å². The summed E-state index contributed by atoms with van der Waals surface area (Å²) in [5, 5.41) is 16.7. The second-order valence-electron chi connectivity index (χ2n) is 10.6. The van der Waals surface area contributed by atoms with Crippen LogP contribution in [0.25, 0.3) is 0 Å². The van der Waals surface area contributed by atoms with E-state index >= 15 is 0 Å². The Morgan fingerprint density at radius 1 is 1.17 bits per heavy atom. The lowest BCUT2D eigenvalue weighted by atomic mass is 9.96. The summed E-state index contributed by atoms with van der Waals surface area (Å²) in [6.45, 7) is 6.45. The van der Waals surface area contributed by atoms with Crippen LogP contribution in [0.15, 0.2) is 40.9 Å². The molecule has 0 saturated carbocycles. The zero-order valence-corrected chi connectivity index (χ0v) is 25.0. The first-order valence-electron chi connectivity index (χ1n) is 12.4. The van der Waals surface area contributed by atoms with Crippen LogP contribution < -0.4 is 11.1 Å². The number of carbonyl (C=O) groups is 4. The molecule has 1 aliphatic rings. The fourth-order valence-electron chi connectivity index (χ4n) is 3.35. The SMILES string of the molecule is C[C@H]1[C@H](NC(=O)C(=NOC(C)(C)C(=O)O)c2csc(N)n2)C(=O)N1S(=O)(=O)OCC(C)(C)COC(=O)c1ccccc1. The van der Waals surface area contributed by atoms with E-state index in [0.717, 1.165) is 11.3 Å². The Morgan fingerprint density at radius 2 is 1.81 bits per heavy atom. The van der Waals surface area contributed by atoms with Gasteiger partial charge in [0.15, 0.2) is 10.8 Å². The monoisotopic (exact) mass is 625 g/mol. The average Bonchev–Trinajstić information content (AvgIpc) is 3.35. The molecule has 17 heteroatoms. The topological polar surface area (TPSA) is 217 Å². The number of anilines is 1. The fraction of sp³-hybridized carbons (Fsp3) is 0.440. The van der Waals surface area contributed by atoms with Gasteiger partial charge in [-0.15, -0.1) is 11.3 Å². The van der Waals surface area contributed by atoms with Crippen molar-refractivity contribution < 1.29 is 46.5 Å². The molecule has 0 aliphatic carbocycles. The Bertz CT molecular complexity index is 1490. The Balaban J connectivity index is 1.63. The second-order valence-corrected chi connectivity index (χ2v) is 12.9. The number of carboxylic acids is 1. The van der Waals surface area contributed by atoms with E-state index in [9.17, 15) is 32.7 Å². The minimum Gasteiger partial charge on any atom is -0.478 e. The normalized spacial score (nSPS) is 17.8. The van der Waals surface area contributed by atoms with Gasteiger partial charge in [0.2, 0.25) is 5.60 Å². The van der Waals surface area contributed by atoms with Gasteiger partial charge < -0.3 is 25.7 Å². The van der Waals surface area contributed by atoms with Crippen molar-refractivity contribution in [1.82, 2.24) is 14.6 Å². The first kappa shape index (κ1) is 32.4. The zero-order chi connectivity index (χ0) is 31.5. The summed E-state index contributed by atoms with van der Waals surface area (Å²) in [7, 11) is -4.58. The number of benzene rings is 1. The number of amides is 2. The van der Waals surface area contributed by atoms with Crippen molar-refractivity contribution in [2.45, 2.75) is 52.3 Å². The van der Waals surface area contributed by atoms with Crippen LogP contribution in [0.4, 0.5) is 5.13 Å². The third-order valence-electron chi connectivity index (χ3n) is 5.92. The largest absolute Gasteiger partial charge is 0.478 e. The number of ether oxygens (including phenoxy) is 1. The molecule has 42 heavy (non-hydrogen) atoms. The quantitative estimate of drug-likeness (QED) is 0.124. The van der Waals surface area contributed by atoms with Crippen molar-refractivity contribution in [3.8, 4) is 0 Å². The fourth-order valence-corrected chi connectivity index (χ4v) is 5.35. The van der Waals surface area contributed by atoms with Gasteiger partial charge in [-0.1, -0.05) is 37.2 Å². The number of β-lactam (4-membered cyclic amide) rings is 1. The minimum atomic E-state index is -4.58. The van der Waals surface area contributed by atoms with Crippen LogP contribution in [0.1, 0.15) is 50.7 Å². The molecule has 1 aromatic carbocycles. The Kier molecular flexibility index (Phi) is 9.59. The molecule has 1 aliphatic heterocycles. The van der Waals surface area contributed by atoms with E-state index < -0.39 is 69.5 Å². The van der Waals surface area contributed by atoms with Crippen molar-refractivity contribution in [2.24, 2.45) is 10.6 Å². The highest BCUT2D eigenvalue weighted by Gasteiger charge is 2.53. The summed E-state index contributed by atoms with van der Waals surface area (Å²) in [6.07, 6.45) is 0. The zero-order valence-electron chi connectivity index (χ0n) is 23.4. The number of thiazole rings is 1. The van der Waals surface area contributed by atoms with E-state index in [2.05, 4.69) is 15.5 Å². The van der Waals surface area contributed by atoms with Gasteiger partial charge in [-0.05, 0) is 32.9 Å². The third-order valence-corrected chi connectivity index (χ3v) is 8.01. The molecule has 2 atom stereocenters. The standard InChI is InChI=1S/C25H31N5O10S2/c1-14-17(28-19(31)18(16-11-41-23(26)27-16)29-40-25(4,5)22(34)35)20(32)30(14)42(36,37)39-13-24(2,3)12-38-21(33)15-9-7-6-8-10-15/h6-11,14,17H,12-13H2,1-5H3,(H2,26,27)(H,28,31)(H,34,35)/t14-,17-/m0/s1. The van der Waals surface area contributed by atoms with Gasteiger partial charge >= 0.3 is 22.2 Å². The molecule has 0 bridgehead atoms. The predicted octanol–water partition coefficient (Wildman–Crippen LogP) is 1.17. The predicted molar refractivity (Wildman–Crippen MR) is 149 cm³/mol. The van der Waals surface area contributed by atoms with Gasteiger partial charge in [0.05, 0.1) is 24.8 Å². The molecule has 3 rings (SSSR count). The summed E-state index contributed by atoms with van der Waals surface area (Å²) < 4.78 is 36.5. The first-order valence-corrected chi connectivity index (χ1v) is 14.7. The van der Waals surface area contributed by atoms with Gasteiger partial charge in [0, 0.05) is 10.8 Å². The highest BCUT2D eigenvalue weighted by atomic mass is 32.2. The molecule has 1 saturated heterocycles. The van der Waals surface area contributed by atoms with Crippen molar-refractivity contribution in [3.63, 3.8) is 0 Å². The van der Waals surface area contributed by atoms with E-state index in [-0.39, 0.29) is 17.4 Å². The third kappa shape index (κ3) is 7.59. The average molecular weight is 626 g/mol. The molecule has 4 N–H and O–H groups in total. The maximum Gasteiger partial charge on any atom is 0.365 e. The van der Waals surface area contributed by atoms with E-state index in [0.29, 0.717) is 9.87 Å². The van der Waals surface area contributed by atoms with Crippen molar-refractivity contribution in [1.29, 1.82) is 0 Å². The molecule has 228 valence electrons. The minimum absolute atomic E-state index is 0.0429. The van der Waals surface area contributed by atoms with Crippen LogP contribution in [0.2, 0.25) is 0 Å². The molecule has 0 spiro atoms. The van der Waals surface area contributed by atoms with Gasteiger partial charge in [-0.25, -0.2) is 18.9 Å². The summed E-state index contributed by atoms with van der Waals surface area (Å²) in [5.74, 6) is -3.90. The first-order chi connectivity index (χ1) is 19.4. The molecule has 2 heterocycles. The number of esters is 1. The molecule has 1 fully saturated rings. The van der Waals surface area contributed by atoms with E-state index in [1.165, 1.54) is 26.2 Å². The number of nitrogens with zero attached hydrogens (tertiary/aromatic N) is 3. The van der Waals surface area contributed by atoms with Gasteiger partial charge in [-0.3, -0.25) is 13.8 Å². The van der Waals surface area contributed by atoms with Gasteiger partial charge in [-0.2, -0.15) is 8.42 Å². The Labute approximate surface area is 245 Å². The molecule has 2 amide bonds. The van der Waals surface area contributed by atoms with Crippen LogP contribution in [0, 0.1) is 5.41 Å². The lowest BCUT2D eigenvalue weighted by Gasteiger charge is -2.43. The van der Waals surface area contributed by atoms with Crippen molar-refractivity contribution in [2.75, 3.05) is 18.9 Å². The van der Waals surface area contributed by atoms with E-state index in [4.69, 9.17) is 19.5 Å². The van der Waals surface area contributed by atoms with Gasteiger partial charge in [0.1, 0.15) is 11.7 Å². The molecular formula is C25H31N5O10S2. The van der Waals surface area contributed by atoms with Crippen LogP contribution in [-0.4, -0.2) is 83.2 Å². The van der Waals surface area contributed by atoms with Crippen molar-refractivity contribution >= 4 is 56.2 Å². The summed E-state index contributed by atoms with van der Waals surface area (Å²) >= 11 is 0.980. The van der Waals surface area contributed by atoms with E-state index in [1.54, 1.807) is 44.2 Å². The number of aromatic nitrogens is 1. The van der Waals surface area contributed by atoms with Crippen LogP contribution in [0.5, 0.6) is 0 Å². The number of carboxylic acid groups (broad SMARTS) is 1. The Hall–Kier alpha value is -4.09. The number of nitrogen functional groups attached to an aromatic ring is 1. The van der Waals surface area contributed by atoms with Crippen LogP contribution in [-0.2, 0) is 38.4 Å². The summed E-state index contributed by atoms with van der Waals surface area (Å²) in [5.41, 5.74) is 2.71. The number of nitrogens with one attached hydrogen (secondary N) is 1. The lowest BCUT2D eigenvalue weighted by molar-refractivity contribution is -0.161. The number of hydrogen-bond donors (Lipinski definition) is 3. The number of aliphatic carboxylic acids is 1. The Morgan fingerprint density at radius 3 is 2.36 bits per heavy atom. The highest BCUT2D eigenvalue weighted by Crippen LogP contribution is 2.27. The maximum absolute atomic E-state index is 13.0. The maximum atomic E-state index is 13.0. The number of oxime groups is 1. The lowest BCUT2D eigenvalue weighted by Crippen LogP contribution is -2.71. The smallest absolute Gasteiger partial charge is 0.365 e. The number of rotatable bonds is 13. The number of carbonyl (C=O) groups excluding carboxylic acids is 3. The molecular weight excluding hydrogens is 594 g/mol. The summed E-state index contributed by atoms with van der Waals surface area (Å²) in [6, 6.07) is 5.91. The van der Waals surface area contributed by atoms with Crippen LogP contribution >= 0.6 is 11.3 Å². The number of hydrogen-bond acceptors (Lipinski definition) is 13. The second kappa shape index (κ2) is 12.4. The van der Waals surface area contributed by atoms with Gasteiger partial charge in [0.25, 0.3) is 11.8 Å². The highest BCUT2D eigenvalue weighted by molar-refractivity contribution is 7.85. The molecule has 1 aromatic heterocycles. The summed E-state index contributed by atoms with van der Waals surface area (Å²) in [4.78, 5) is 58.4. The molecule has 15 nitrogen and oxygen atoms in total. The van der Waals surface area contributed by atoms with E-state index in [1.807, 2.05) is 0 Å².